The van der Waals surface area contributed by atoms with Crippen molar-refractivity contribution in [3.8, 4) is 0 Å². The highest BCUT2D eigenvalue weighted by atomic mass is 16.5. The van der Waals surface area contributed by atoms with Gasteiger partial charge in [0.2, 0.25) is 0 Å². The molecular formula is C10H20N2O. The number of rotatable bonds is 0. The average molecular weight is 184 g/mol. The first-order chi connectivity index (χ1) is 6.31. The Kier molecular flexibility index (Phi) is 2.86. The molecule has 3 heteroatoms. The fourth-order valence-corrected chi connectivity index (χ4v) is 2.47. The molecule has 2 aliphatic heterocycles. The lowest BCUT2D eigenvalue weighted by atomic mass is 9.79. The maximum absolute atomic E-state index is 5.69. The zero-order valence-electron chi connectivity index (χ0n) is 8.51. The van der Waals surface area contributed by atoms with Gasteiger partial charge in [0.1, 0.15) is 0 Å². The molecule has 13 heavy (non-hydrogen) atoms. The lowest BCUT2D eigenvalue weighted by Crippen LogP contribution is -2.44. The molecule has 0 unspecified atom stereocenters. The smallest absolute Gasteiger partial charge is 0.0593 e. The predicted octanol–water partition coefficient (Wildman–Crippen LogP) is 0.318. The molecule has 1 spiro atoms. The molecule has 76 valence electrons. The number of piperidine rings is 1. The third-order valence-electron chi connectivity index (χ3n) is 3.30. The number of ether oxygens (including phenoxy) is 1. The van der Waals surface area contributed by atoms with Gasteiger partial charge in [-0.3, -0.25) is 0 Å². The van der Waals surface area contributed by atoms with Gasteiger partial charge in [-0.25, -0.2) is 0 Å². The van der Waals surface area contributed by atoms with E-state index in [0.717, 1.165) is 32.8 Å². The summed E-state index contributed by atoms with van der Waals surface area (Å²) in [4.78, 5) is 2.42. The molecule has 0 aromatic rings. The fourth-order valence-electron chi connectivity index (χ4n) is 2.47. The molecule has 0 amide bonds. The van der Waals surface area contributed by atoms with Gasteiger partial charge in [-0.1, -0.05) is 0 Å². The SMILES string of the molecule is CN1CCOCC2(CCNCC2)C1. The van der Waals surface area contributed by atoms with Crippen LogP contribution in [0.15, 0.2) is 0 Å². The Morgan fingerprint density at radius 1 is 1.31 bits per heavy atom. The van der Waals surface area contributed by atoms with Crippen LogP contribution in [0.1, 0.15) is 12.8 Å². The molecule has 0 atom stereocenters. The Labute approximate surface area is 80.4 Å². The van der Waals surface area contributed by atoms with Gasteiger partial charge in [-0.2, -0.15) is 0 Å². The van der Waals surface area contributed by atoms with Crippen LogP contribution in [0.25, 0.3) is 0 Å². The van der Waals surface area contributed by atoms with Crippen molar-refractivity contribution < 1.29 is 4.74 Å². The van der Waals surface area contributed by atoms with Gasteiger partial charge in [-0.15, -0.1) is 0 Å². The van der Waals surface area contributed by atoms with Crippen LogP contribution in [-0.4, -0.2) is 51.3 Å². The lowest BCUT2D eigenvalue weighted by Gasteiger charge is -2.37. The minimum absolute atomic E-state index is 0.455. The third kappa shape index (κ3) is 2.22. The molecule has 0 bridgehead atoms. The maximum atomic E-state index is 5.69. The Bertz CT molecular complexity index is 166. The molecule has 1 N–H and O–H groups in total. The minimum Gasteiger partial charge on any atom is -0.379 e. The normalized spacial score (nSPS) is 30.2. The average Bonchev–Trinajstić information content (AvgIpc) is 2.29. The number of nitrogens with zero attached hydrogens (tertiary/aromatic N) is 1. The van der Waals surface area contributed by atoms with Crippen molar-refractivity contribution in [2.75, 3.05) is 46.4 Å². The fraction of sp³-hybridized carbons (Fsp3) is 1.00. The standard InChI is InChI=1S/C10H20N2O/c1-12-6-7-13-9-10(8-12)2-4-11-5-3-10/h11H,2-9H2,1H3. The summed E-state index contributed by atoms with van der Waals surface area (Å²) in [5.41, 5.74) is 0.455. The van der Waals surface area contributed by atoms with E-state index in [9.17, 15) is 0 Å². The summed E-state index contributed by atoms with van der Waals surface area (Å²) >= 11 is 0. The Hall–Kier alpha value is -0.120. The van der Waals surface area contributed by atoms with E-state index < -0.39 is 0 Å². The number of likely N-dealkylation sites (N-methyl/N-ethyl adjacent to an activating group) is 1. The highest BCUT2D eigenvalue weighted by Crippen LogP contribution is 2.31. The van der Waals surface area contributed by atoms with Gasteiger partial charge >= 0.3 is 0 Å². The molecule has 2 saturated heterocycles. The summed E-state index contributed by atoms with van der Waals surface area (Å²) in [5.74, 6) is 0. The molecule has 2 aliphatic rings. The highest BCUT2D eigenvalue weighted by Gasteiger charge is 2.34. The van der Waals surface area contributed by atoms with Crippen LogP contribution in [-0.2, 0) is 4.74 Å². The van der Waals surface area contributed by atoms with Crippen LogP contribution < -0.4 is 5.32 Å². The van der Waals surface area contributed by atoms with E-state index in [1.165, 1.54) is 19.4 Å². The van der Waals surface area contributed by atoms with Crippen molar-refractivity contribution in [2.24, 2.45) is 5.41 Å². The summed E-state index contributed by atoms with van der Waals surface area (Å²) in [6.45, 7) is 6.52. The van der Waals surface area contributed by atoms with Crippen LogP contribution in [0.2, 0.25) is 0 Å². The Morgan fingerprint density at radius 2 is 2.08 bits per heavy atom. The molecule has 0 aromatic carbocycles. The van der Waals surface area contributed by atoms with Crippen molar-refractivity contribution in [1.82, 2.24) is 10.2 Å². The number of hydrogen-bond donors (Lipinski definition) is 1. The first-order valence-electron chi connectivity index (χ1n) is 5.28. The van der Waals surface area contributed by atoms with E-state index in [2.05, 4.69) is 17.3 Å². The molecule has 0 saturated carbocycles. The third-order valence-corrected chi connectivity index (χ3v) is 3.30. The van der Waals surface area contributed by atoms with Crippen LogP contribution in [0, 0.1) is 5.41 Å². The second-order valence-corrected chi connectivity index (χ2v) is 4.54. The lowest BCUT2D eigenvalue weighted by molar-refractivity contribution is 0.0460. The second kappa shape index (κ2) is 3.95. The predicted molar refractivity (Wildman–Crippen MR) is 52.9 cm³/mol. The van der Waals surface area contributed by atoms with E-state index >= 15 is 0 Å². The quantitative estimate of drug-likeness (QED) is 0.587. The van der Waals surface area contributed by atoms with Gasteiger partial charge in [-0.05, 0) is 33.0 Å². The van der Waals surface area contributed by atoms with Crippen molar-refractivity contribution in [3.63, 3.8) is 0 Å². The molecule has 0 aromatic heterocycles. The largest absolute Gasteiger partial charge is 0.379 e. The molecular weight excluding hydrogens is 164 g/mol. The van der Waals surface area contributed by atoms with E-state index in [4.69, 9.17) is 4.74 Å². The van der Waals surface area contributed by atoms with Crippen LogP contribution >= 0.6 is 0 Å². The molecule has 2 fully saturated rings. The van der Waals surface area contributed by atoms with Crippen molar-refractivity contribution in [2.45, 2.75) is 12.8 Å². The first kappa shape index (κ1) is 9.44. The van der Waals surface area contributed by atoms with E-state index in [1.54, 1.807) is 0 Å². The van der Waals surface area contributed by atoms with Crippen molar-refractivity contribution >= 4 is 0 Å². The van der Waals surface area contributed by atoms with Crippen LogP contribution in [0.4, 0.5) is 0 Å². The van der Waals surface area contributed by atoms with Crippen LogP contribution in [0.3, 0.4) is 0 Å². The summed E-state index contributed by atoms with van der Waals surface area (Å²) < 4.78 is 5.69. The maximum Gasteiger partial charge on any atom is 0.0593 e. The Morgan fingerprint density at radius 3 is 2.85 bits per heavy atom. The van der Waals surface area contributed by atoms with Gasteiger partial charge in [0.05, 0.1) is 13.2 Å². The zero-order chi connectivity index (χ0) is 9.15. The van der Waals surface area contributed by atoms with Gasteiger partial charge < -0.3 is 15.0 Å². The molecule has 3 nitrogen and oxygen atoms in total. The van der Waals surface area contributed by atoms with E-state index in [1.807, 2.05) is 0 Å². The summed E-state index contributed by atoms with van der Waals surface area (Å²) in [6, 6.07) is 0. The van der Waals surface area contributed by atoms with Gasteiger partial charge in [0, 0.05) is 18.5 Å². The number of nitrogens with one attached hydrogen (secondary N) is 1. The monoisotopic (exact) mass is 184 g/mol. The van der Waals surface area contributed by atoms with Gasteiger partial charge in [0.25, 0.3) is 0 Å². The highest BCUT2D eigenvalue weighted by molar-refractivity contribution is 4.88. The summed E-state index contributed by atoms with van der Waals surface area (Å²) in [5, 5.41) is 3.42. The van der Waals surface area contributed by atoms with E-state index in [-0.39, 0.29) is 0 Å². The summed E-state index contributed by atoms with van der Waals surface area (Å²) in [6.07, 6.45) is 2.55. The van der Waals surface area contributed by atoms with Crippen molar-refractivity contribution in [1.29, 1.82) is 0 Å². The topological polar surface area (TPSA) is 24.5 Å². The molecule has 2 heterocycles. The Balaban J connectivity index is 2.00. The molecule has 0 aliphatic carbocycles. The van der Waals surface area contributed by atoms with E-state index in [0.29, 0.717) is 5.41 Å². The summed E-state index contributed by atoms with van der Waals surface area (Å²) in [7, 11) is 2.21. The second-order valence-electron chi connectivity index (χ2n) is 4.54. The first-order valence-corrected chi connectivity index (χ1v) is 5.28. The number of hydrogen-bond acceptors (Lipinski definition) is 3. The zero-order valence-corrected chi connectivity index (χ0v) is 8.51. The molecule has 2 rings (SSSR count). The minimum atomic E-state index is 0.455. The molecule has 0 radical (unpaired) electrons. The van der Waals surface area contributed by atoms with Crippen molar-refractivity contribution in [3.05, 3.63) is 0 Å². The van der Waals surface area contributed by atoms with Crippen LogP contribution in [0.5, 0.6) is 0 Å². The van der Waals surface area contributed by atoms with Gasteiger partial charge in [0.15, 0.2) is 0 Å².